The fourth-order valence-electron chi connectivity index (χ4n) is 1.78. The predicted octanol–water partition coefficient (Wildman–Crippen LogP) is 3.28. The van der Waals surface area contributed by atoms with E-state index in [9.17, 15) is 10.1 Å². The topological polar surface area (TPSA) is 81.8 Å². The van der Waals surface area contributed by atoms with Gasteiger partial charge in [-0.1, -0.05) is 12.1 Å². The highest BCUT2D eigenvalue weighted by atomic mass is 16.6. The van der Waals surface area contributed by atoms with E-state index in [-0.39, 0.29) is 18.0 Å². The van der Waals surface area contributed by atoms with Gasteiger partial charge in [-0.2, -0.15) is 0 Å². The average molecular weight is 289 g/mol. The molecule has 0 atom stereocenters. The van der Waals surface area contributed by atoms with E-state index < -0.39 is 4.92 Å². The van der Waals surface area contributed by atoms with Crippen LogP contribution in [0.5, 0.6) is 17.2 Å². The molecule has 2 aromatic carbocycles. The molecule has 0 bridgehead atoms. The minimum Gasteiger partial charge on any atom is -0.487 e. The molecule has 2 rings (SSSR count). The standard InChI is InChI=1S/C15H15NO5/c1-2-20-15-9-13(7-8-14(15)16(18)19)21-12-5-3-11(10-17)4-6-12/h3-9,17H,2,10H2,1H3. The van der Waals surface area contributed by atoms with Gasteiger partial charge in [0.05, 0.1) is 18.1 Å². The second kappa shape index (κ2) is 6.71. The summed E-state index contributed by atoms with van der Waals surface area (Å²) in [6, 6.07) is 11.3. The molecular weight excluding hydrogens is 274 g/mol. The van der Waals surface area contributed by atoms with E-state index in [1.807, 2.05) is 0 Å². The molecule has 0 amide bonds. The number of hydrogen-bond donors (Lipinski definition) is 1. The molecule has 0 spiro atoms. The highest BCUT2D eigenvalue weighted by Gasteiger charge is 2.16. The van der Waals surface area contributed by atoms with Crippen LogP contribution in [-0.2, 0) is 6.61 Å². The normalized spacial score (nSPS) is 10.2. The van der Waals surface area contributed by atoms with Crippen LogP contribution in [0.2, 0.25) is 0 Å². The van der Waals surface area contributed by atoms with Crippen molar-refractivity contribution < 1.29 is 19.5 Å². The van der Waals surface area contributed by atoms with Crippen molar-refractivity contribution in [3.63, 3.8) is 0 Å². The summed E-state index contributed by atoms with van der Waals surface area (Å²) >= 11 is 0. The van der Waals surface area contributed by atoms with Gasteiger partial charge in [-0.15, -0.1) is 0 Å². The molecule has 0 radical (unpaired) electrons. The van der Waals surface area contributed by atoms with E-state index in [4.69, 9.17) is 14.6 Å². The smallest absolute Gasteiger partial charge is 0.311 e. The zero-order valence-corrected chi connectivity index (χ0v) is 11.5. The van der Waals surface area contributed by atoms with Gasteiger partial charge in [0, 0.05) is 12.1 Å². The van der Waals surface area contributed by atoms with Crippen molar-refractivity contribution in [2.24, 2.45) is 0 Å². The first-order valence-electron chi connectivity index (χ1n) is 6.43. The van der Waals surface area contributed by atoms with Crippen molar-refractivity contribution >= 4 is 5.69 Å². The second-order valence-corrected chi connectivity index (χ2v) is 4.22. The zero-order chi connectivity index (χ0) is 15.2. The summed E-state index contributed by atoms with van der Waals surface area (Å²) in [7, 11) is 0. The highest BCUT2D eigenvalue weighted by molar-refractivity contribution is 5.51. The predicted molar refractivity (Wildman–Crippen MR) is 76.7 cm³/mol. The number of nitrogens with zero attached hydrogens (tertiary/aromatic N) is 1. The monoisotopic (exact) mass is 289 g/mol. The Labute approximate surface area is 121 Å². The number of ether oxygens (including phenoxy) is 2. The molecule has 0 aliphatic rings. The van der Waals surface area contributed by atoms with E-state index in [1.54, 1.807) is 31.2 Å². The van der Waals surface area contributed by atoms with Gasteiger partial charge >= 0.3 is 5.69 Å². The van der Waals surface area contributed by atoms with Crippen LogP contribution in [0, 0.1) is 10.1 Å². The summed E-state index contributed by atoms with van der Waals surface area (Å²) in [5.74, 6) is 1.19. The minimum absolute atomic E-state index is 0.0354. The summed E-state index contributed by atoms with van der Waals surface area (Å²) in [4.78, 5) is 10.4. The Balaban J connectivity index is 2.23. The molecule has 0 heterocycles. The number of nitro groups is 1. The van der Waals surface area contributed by atoms with Crippen molar-refractivity contribution in [2.45, 2.75) is 13.5 Å². The first-order chi connectivity index (χ1) is 10.1. The number of aliphatic hydroxyl groups excluding tert-OH is 1. The van der Waals surface area contributed by atoms with E-state index in [0.717, 1.165) is 5.56 Å². The Morgan fingerprint density at radius 1 is 1.14 bits per heavy atom. The Hall–Kier alpha value is -2.60. The van der Waals surface area contributed by atoms with E-state index in [0.29, 0.717) is 18.1 Å². The number of benzene rings is 2. The van der Waals surface area contributed by atoms with Gasteiger partial charge in [-0.3, -0.25) is 10.1 Å². The largest absolute Gasteiger partial charge is 0.487 e. The molecule has 0 saturated heterocycles. The Morgan fingerprint density at radius 3 is 2.38 bits per heavy atom. The molecule has 1 N–H and O–H groups in total. The number of aliphatic hydroxyl groups is 1. The second-order valence-electron chi connectivity index (χ2n) is 4.22. The van der Waals surface area contributed by atoms with Crippen molar-refractivity contribution in [2.75, 3.05) is 6.61 Å². The molecule has 0 aliphatic heterocycles. The third-order valence-corrected chi connectivity index (χ3v) is 2.77. The molecule has 0 unspecified atom stereocenters. The minimum atomic E-state index is -0.495. The highest BCUT2D eigenvalue weighted by Crippen LogP contribution is 2.33. The van der Waals surface area contributed by atoms with Crippen LogP contribution in [0.4, 0.5) is 5.69 Å². The van der Waals surface area contributed by atoms with Crippen molar-refractivity contribution in [1.82, 2.24) is 0 Å². The Bertz CT molecular complexity index is 624. The fraction of sp³-hybridized carbons (Fsp3) is 0.200. The lowest BCUT2D eigenvalue weighted by molar-refractivity contribution is -0.385. The first kappa shape index (κ1) is 14.8. The third-order valence-electron chi connectivity index (χ3n) is 2.77. The summed E-state index contributed by atoms with van der Waals surface area (Å²) < 4.78 is 10.9. The van der Waals surface area contributed by atoms with Crippen LogP contribution >= 0.6 is 0 Å². The van der Waals surface area contributed by atoms with Crippen LogP contribution in [0.15, 0.2) is 42.5 Å². The van der Waals surface area contributed by atoms with Crippen LogP contribution in [0.1, 0.15) is 12.5 Å². The van der Waals surface area contributed by atoms with Crippen LogP contribution in [0.3, 0.4) is 0 Å². The lowest BCUT2D eigenvalue weighted by Crippen LogP contribution is -1.98. The lowest BCUT2D eigenvalue weighted by atomic mass is 10.2. The van der Waals surface area contributed by atoms with Gasteiger partial charge in [0.25, 0.3) is 0 Å². The first-order valence-corrected chi connectivity index (χ1v) is 6.43. The molecule has 110 valence electrons. The third kappa shape index (κ3) is 3.70. The molecule has 0 saturated carbocycles. The fourth-order valence-corrected chi connectivity index (χ4v) is 1.78. The molecule has 6 heteroatoms. The van der Waals surface area contributed by atoms with Gasteiger partial charge in [-0.05, 0) is 30.7 Å². The quantitative estimate of drug-likeness (QED) is 0.652. The van der Waals surface area contributed by atoms with E-state index >= 15 is 0 Å². The van der Waals surface area contributed by atoms with Crippen molar-refractivity contribution in [3.8, 4) is 17.2 Å². The molecule has 6 nitrogen and oxygen atoms in total. The Morgan fingerprint density at radius 2 is 1.81 bits per heavy atom. The summed E-state index contributed by atoms with van der Waals surface area (Å²) in [5, 5.41) is 19.9. The van der Waals surface area contributed by atoms with Gasteiger partial charge in [0.15, 0.2) is 0 Å². The lowest BCUT2D eigenvalue weighted by Gasteiger charge is -2.09. The molecule has 0 aliphatic carbocycles. The number of nitro benzene ring substituents is 1. The van der Waals surface area contributed by atoms with E-state index in [1.165, 1.54) is 18.2 Å². The summed E-state index contributed by atoms with van der Waals surface area (Å²) in [6.07, 6.45) is 0. The summed E-state index contributed by atoms with van der Waals surface area (Å²) in [5.41, 5.74) is 0.681. The van der Waals surface area contributed by atoms with Gasteiger partial charge in [0.2, 0.25) is 5.75 Å². The molecule has 21 heavy (non-hydrogen) atoms. The van der Waals surface area contributed by atoms with Gasteiger partial charge < -0.3 is 14.6 Å². The van der Waals surface area contributed by atoms with E-state index in [2.05, 4.69) is 0 Å². The maximum absolute atomic E-state index is 10.9. The molecule has 0 fully saturated rings. The summed E-state index contributed by atoms with van der Waals surface area (Å²) in [6.45, 7) is 2.05. The molecule has 0 aromatic heterocycles. The average Bonchev–Trinajstić information content (AvgIpc) is 2.48. The number of rotatable bonds is 6. The van der Waals surface area contributed by atoms with Crippen molar-refractivity contribution in [3.05, 3.63) is 58.1 Å². The van der Waals surface area contributed by atoms with Crippen LogP contribution in [-0.4, -0.2) is 16.6 Å². The zero-order valence-electron chi connectivity index (χ0n) is 11.5. The number of hydrogen-bond acceptors (Lipinski definition) is 5. The van der Waals surface area contributed by atoms with Crippen LogP contribution < -0.4 is 9.47 Å². The maximum Gasteiger partial charge on any atom is 0.311 e. The van der Waals surface area contributed by atoms with Gasteiger partial charge in [0.1, 0.15) is 11.5 Å². The van der Waals surface area contributed by atoms with Gasteiger partial charge in [-0.25, -0.2) is 0 Å². The SMILES string of the molecule is CCOc1cc(Oc2ccc(CO)cc2)ccc1[N+](=O)[O-]. The van der Waals surface area contributed by atoms with Crippen LogP contribution in [0.25, 0.3) is 0 Å². The molecular formula is C15H15NO5. The Kier molecular flexibility index (Phi) is 4.73. The van der Waals surface area contributed by atoms with Crippen molar-refractivity contribution in [1.29, 1.82) is 0 Å². The molecule has 2 aromatic rings. The maximum atomic E-state index is 10.9.